The smallest absolute Gasteiger partial charge is 0.105 e. The average molecular weight is 160 g/mol. The Morgan fingerprint density at radius 1 is 1.64 bits per heavy atom. The lowest BCUT2D eigenvalue weighted by Crippen LogP contribution is -2.39. The summed E-state index contributed by atoms with van der Waals surface area (Å²) in [7, 11) is 2.04. The monoisotopic (exact) mass is 160 g/mol. The molecule has 1 rings (SSSR count). The highest BCUT2D eigenvalue weighted by Crippen LogP contribution is 2.21. The lowest BCUT2D eigenvalue weighted by Gasteiger charge is -2.32. The molecular weight excluding hydrogens is 143 g/mol. The van der Waals surface area contributed by atoms with Gasteiger partial charge in [-0.25, -0.2) is 4.39 Å². The number of hydrogen-bond acceptors (Lipinski definition) is 2. The van der Waals surface area contributed by atoms with Crippen LogP contribution in [0.3, 0.4) is 0 Å². The predicted molar refractivity (Wildman–Crippen MR) is 44.2 cm³/mol. The van der Waals surface area contributed by atoms with Crippen molar-refractivity contribution in [2.75, 3.05) is 26.7 Å². The van der Waals surface area contributed by atoms with Gasteiger partial charge in [-0.2, -0.15) is 0 Å². The van der Waals surface area contributed by atoms with Crippen LogP contribution in [-0.4, -0.2) is 37.8 Å². The lowest BCUT2D eigenvalue weighted by atomic mass is 9.93. The fourth-order valence-electron chi connectivity index (χ4n) is 1.67. The predicted octanol–water partition coefficient (Wildman–Crippen LogP) is 0.625. The molecule has 1 heterocycles. The Bertz CT molecular complexity index is 119. The number of alkyl halides is 1. The highest BCUT2D eigenvalue weighted by molar-refractivity contribution is 4.78. The maximum absolute atomic E-state index is 13.1. The van der Waals surface area contributed by atoms with Crippen LogP contribution in [0.4, 0.5) is 4.39 Å². The second-order valence-electron chi connectivity index (χ2n) is 3.40. The number of piperidine rings is 1. The van der Waals surface area contributed by atoms with Crippen LogP contribution in [0.15, 0.2) is 0 Å². The molecule has 3 heteroatoms. The SMILES string of the molecule is CN1CCC(F)C(CCN)C1. The number of halogens is 1. The van der Waals surface area contributed by atoms with Gasteiger partial charge in [0.2, 0.25) is 0 Å². The van der Waals surface area contributed by atoms with Crippen LogP contribution in [0.25, 0.3) is 0 Å². The molecule has 0 radical (unpaired) electrons. The molecule has 1 saturated heterocycles. The van der Waals surface area contributed by atoms with E-state index in [0.29, 0.717) is 13.0 Å². The van der Waals surface area contributed by atoms with Crippen LogP contribution in [0.5, 0.6) is 0 Å². The van der Waals surface area contributed by atoms with Crippen molar-refractivity contribution >= 4 is 0 Å². The van der Waals surface area contributed by atoms with E-state index in [2.05, 4.69) is 4.90 Å². The van der Waals surface area contributed by atoms with E-state index in [1.807, 2.05) is 7.05 Å². The molecule has 2 N–H and O–H groups in total. The second kappa shape index (κ2) is 4.02. The molecule has 0 aliphatic carbocycles. The van der Waals surface area contributed by atoms with E-state index in [1.165, 1.54) is 0 Å². The first-order chi connectivity index (χ1) is 5.24. The zero-order valence-electron chi connectivity index (χ0n) is 7.09. The van der Waals surface area contributed by atoms with Crippen LogP contribution in [0, 0.1) is 5.92 Å². The summed E-state index contributed by atoms with van der Waals surface area (Å²) >= 11 is 0. The second-order valence-corrected chi connectivity index (χ2v) is 3.40. The maximum Gasteiger partial charge on any atom is 0.105 e. The van der Waals surface area contributed by atoms with Crippen LogP contribution >= 0.6 is 0 Å². The Morgan fingerprint density at radius 3 is 3.00 bits per heavy atom. The van der Waals surface area contributed by atoms with Crippen molar-refractivity contribution in [1.82, 2.24) is 4.90 Å². The summed E-state index contributed by atoms with van der Waals surface area (Å²) in [6.07, 6.45) is 0.891. The normalized spacial score (nSPS) is 34.1. The standard InChI is InChI=1S/C8H17FN2/c1-11-5-3-8(9)7(6-11)2-4-10/h7-8H,2-6,10H2,1H3. The van der Waals surface area contributed by atoms with E-state index in [0.717, 1.165) is 19.5 Å². The van der Waals surface area contributed by atoms with Crippen molar-refractivity contribution in [3.8, 4) is 0 Å². The summed E-state index contributed by atoms with van der Waals surface area (Å²) in [6, 6.07) is 0. The summed E-state index contributed by atoms with van der Waals surface area (Å²) in [6.45, 7) is 2.37. The zero-order valence-corrected chi connectivity index (χ0v) is 7.09. The van der Waals surface area contributed by atoms with Gasteiger partial charge in [-0.1, -0.05) is 0 Å². The van der Waals surface area contributed by atoms with E-state index in [4.69, 9.17) is 5.73 Å². The Morgan fingerprint density at radius 2 is 2.36 bits per heavy atom. The fourth-order valence-corrected chi connectivity index (χ4v) is 1.67. The van der Waals surface area contributed by atoms with Crippen LogP contribution in [-0.2, 0) is 0 Å². The van der Waals surface area contributed by atoms with Gasteiger partial charge < -0.3 is 10.6 Å². The zero-order chi connectivity index (χ0) is 8.27. The number of hydrogen-bond donors (Lipinski definition) is 1. The first kappa shape index (κ1) is 8.94. The summed E-state index contributed by atoms with van der Waals surface area (Å²) in [4.78, 5) is 2.18. The lowest BCUT2D eigenvalue weighted by molar-refractivity contribution is 0.101. The minimum absolute atomic E-state index is 0.179. The van der Waals surface area contributed by atoms with E-state index in [-0.39, 0.29) is 5.92 Å². The van der Waals surface area contributed by atoms with Gasteiger partial charge in [-0.15, -0.1) is 0 Å². The van der Waals surface area contributed by atoms with Gasteiger partial charge in [-0.05, 0) is 26.4 Å². The summed E-state index contributed by atoms with van der Waals surface area (Å²) in [5.41, 5.74) is 5.38. The van der Waals surface area contributed by atoms with Crippen molar-refractivity contribution in [2.45, 2.75) is 19.0 Å². The third-order valence-corrected chi connectivity index (χ3v) is 2.38. The first-order valence-electron chi connectivity index (χ1n) is 4.26. The molecule has 0 aromatic carbocycles. The highest BCUT2D eigenvalue weighted by Gasteiger charge is 2.26. The van der Waals surface area contributed by atoms with Gasteiger partial charge in [0.15, 0.2) is 0 Å². The molecule has 0 spiro atoms. The Kier molecular flexibility index (Phi) is 3.27. The Balaban J connectivity index is 2.34. The van der Waals surface area contributed by atoms with Crippen LogP contribution in [0.1, 0.15) is 12.8 Å². The summed E-state index contributed by atoms with van der Waals surface area (Å²) in [5, 5.41) is 0. The highest BCUT2D eigenvalue weighted by atomic mass is 19.1. The molecular formula is C8H17FN2. The number of rotatable bonds is 2. The van der Waals surface area contributed by atoms with Crippen molar-refractivity contribution in [3.05, 3.63) is 0 Å². The molecule has 0 aromatic rings. The maximum atomic E-state index is 13.1. The van der Waals surface area contributed by atoms with E-state index in [9.17, 15) is 4.39 Å². The first-order valence-corrected chi connectivity index (χ1v) is 4.26. The van der Waals surface area contributed by atoms with Crippen molar-refractivity contribution in [3.63, 3.8) is 0 Å². The van der Waals surface area contributed by atoms with Gasteiger partial charge in [0.1, 0.15) is 6.17 Å². The van der Waals surface area contributed by atoms with Gasteiger partial charge in [0.25, 0.3) is 0 Å². The van der Waals surface area contributed by atoms with E-state index >= 15 is 0 Å². The number of likely N-dealkylation sites (tertiary alicyclic amines) is 1. The fraction of sp³-hybridized carbons (Fsp3) is 1.00. The third kappa shape index (κ3) is 2.42. The topological polar surface area (TPSA) is 29.3 Å². The van der Waals surface area contributed by atoms with E-state index < -0.39 is 6.17 Å². The van der Waals surface area contributed by atoms with Gasteiger partial charge >= 0.3 is 0 Å². The van der Waals surface area contributed by atoms with Crippen molar-refractivity contribution in [1.29, 1.82) is 0 Å². The molecule has 0 amide bonds. The molecule has 2 nitrogen and oxygen atoms in total. The van der Waals surface area contributed by atoms with Gasteiger partial charge in [0.05, 0.1) is 0 Å². The largest absolute Gasteiger partial charge is 0.330 e. The third-order valence-electron chi connectivity index (χ3n) is 2.38. The van der Waals surface area contributed by atoms with Gasteiger partial charge in [-0.3, -0.25) is 0 Å². The summed E-state index contributed by atoms with van der Waals surface area (Å²) < 4.78 is 13.1. The number of nitrogens with two attached hydrogens (primary N) is 1. The minimum Gasteiger partial charge on any atom is -0.330 e. The summed E-state index contributed by atoms with van der Waals surface area (Å²) in [5.74, 6) is 0.179. The molecule has 2 unspecified atom stereocenters. The molecule has 0 aromatic heterocycles. The van der Waals surface area contributed by atoms with Crippen LogP contribution < -0.4 is 5.73 Å². The van der Waals surface area contributed by atoms with Crippen molar-refractivity contribution in [2.24, 2.45) is 11.7 Å². The van der Waals surface area contributed by atoms with Crippen molar-refractivity contribution < 1.29 is 4.39 Å². The average Bonchev–Trinajstić information content (AvgIpc) is 1.98. The molecule has 1 aliphatic heterocycles. The van der Waals surface area contributed by atoms with Gasteiger partial charge in [0, 0.05) is 19.0 Å². The molecule has 11 heavy (non-hydrogen) atoms. The molecule has 0 bridgehead atoms. The molecule has 1 fully saturated rings. The molecule has 0 saturated carbocycles. The van der Waals surface area contributed by atoms with E-state index in [1.54, 1.807) is 0 Å². The Labute approximate surface area is 67.6 Å². The number of nitrogens with zero attached hydrogens (tertiary/aromatic N) is 1. The van der Waals surface area contributed by atoms with Crippen LogP contribution in [0.2, 0.25) is 0 Å². The minimum atomic E-state index is -0.616. The molecule has 66 valence electrons. The Hall–Kier alpha value is -0.150. The molecule has 2 atom stereocenters. The quantitative estimate of drug-likeness (QED) is 0.642. The molecule has 1 aliphatic rings.